The zero-order chi connectivity index (χ0) is 37.0. The quantitative estimate of drug-likeness (QED) is 0.155. The van der Waals surface area contributed by atoms with Gasteiger partial charge in [-0.15, -0.1) is 0 Å². The zero-order valence-electron chi connectivity index (χ0n) is 26.5. The second-order valence-corrected chi connectivity index (χ2v) is 11.3. The van der Waals surface area contributed by atoms with Crippen LogP contribution in [0.25, 0.3) is 0 Å². The third-order valence-electron chi connectivity index (χ3n) is 7.82. The van der Waals surface area contributed by atoms with Crippen LogP contribution in [0.2, 0.25) is 0 Å². The number of carbonyl (C=O) groups is 2. The Morgan fingerprint density at radius 3 is 2.02 bits per heavy atom. The molecule has 4 rings (SSSR count). The topological polar surface area (TPSA) is 105 Å². The van der Waals surface area contributed by atoms with E-state index in [2.05, 4.69) is 9.97 Å². The van der Waals surface area contributed by atoms with E-state index in [9.17, 15) is 49.1 Å². The van der Waals surface area contributed by atoms with Crippen molar-refractivity contribution in [1.29, 1.82) is 0 Å². The second kappa shape index (κ2) is 15.0. The maximum absolute atomic E-state index is 14.0. The maximum atomic E-state index is 14.0. The number of hydrogen-bond donors (Lipinski definition) is 1. The van der Waals surface area contributed by atoms with Crippen molar-refractivity contribution in [1.82, 2.24) is 9.97 Å². The van der Waals surface area contributed by atoms with E-state index >= 15 is 0 Å². The fourth-order valence-electron chi connectivity index (χ4n) is 5.56. The number of ether oxygens (including phenoxy) is 2. The highest BCUT2D eigenvalue weighted by atomic mass is 19.4. The molecule has 9 nitrogen and oxygen atoms in total. The molecule has 0 bridgehead atoms. The van der Waals surface area contributed by atoms with Crippen molar-refractivity contribution in [2.75, 3.05) is 23.0 Å². The molecular weight excluding hydrogens is 691 g/mol. The first kappa shape index (κ1) is 38.0. The summed E-state index contributed by atoms with van der Waals surface area (Å²) in [7, 11) is 0. The SMILES string of the molecule is CCOC(=O)N1c2ccc(C(F)(F)F)cc2[C@@H](N(Cc2cc(C(F)(F)F)cc(C(F)(F)F)c2)c2ncc(OCCCC(=O)O)cn2)CC1CC. The molecular formula is C32H31F9N4O5. The smallest absolute Gasteiger partial charge is 0.416 e. The number of benzene rings is 2. The van der Waals surface area contributed by atoms with Gasteiger partial charge in [0.15, 0.2) is 5.75 Å². The first-order valence-electron chi connectivity index (χ1n) is 15.2. The summed E-state index contributed by atoms with van der Waals surface area (Å²) in [5.41, 5.74) is -4.96. The van der Waals surface area contributed by atoms with Crippen molar-refractivity contribution in [2.24, 2.45) is 0 Å². The predicted octanol–water partition coefficient (Wildman–Crippen LogP) is 8.67. The van der Waals surface area contributed by atoms with E-state index in [4.69, 9.17) is 14.6 Å². The third kappa shape index (κ3) is 9.06. The van der Waals surface area contributed by atoms with Crippen molar-refractivity contribution in [2.45, 2.75) is 76.7 Å². The number of nitrogens with zero attached hydrogens (tertiary/aromatic N) is 4. The molecule has 3 aromatic rings. The van der Waals surface area contributed by atoms with E-state index in [-0.39, 0.29) is 67.9 Å². The van der Waals surface area contributed by atoms with Crippen LogP contribution in [-0.4, -0.2) is 46.4 Å². The van der Waals surface area contributed by atoms with Gasteiger partial charge >= 0.3 is 30.6 Å². The van der Waals surface area contributed by atoms with Crippen LogP contribution in [0.15, 0.2) is 48.8 Å². The average molecular weight is 723 g/mol. The summed E-state index contributed by atoms with van der Waals surface area (Å²) in [6.07, 6.45) is -13.8. The molecule has 1 aliphatic heterocycles. The number of halogens is 9. The molecule has 2 atom stereocenters. The maximum Gasteiger partial charge on any atom is 0.416 e. The van der Waals surface area contributed by atoms with Gasteiger partial charge in [-0.3, -0.25) is 9.69 Å². The number of anilines is 2. The highest BCUT2D eigenvalue weighted by Gasteiger charge is 2.42. The van der Waals surface area contributed by atoms with Crippen LogP contribution in [0.1, 0.15) is 73.4 Å². The lowest BCUT2D eigenvalue weighted by Crippen LogP contribution is -2.48. The van der Waals surface area contributed by atoms with Crippen LogP contribution in [0, 0.1) is 0 Å². The summed E-state index contributed by atoms with van der Waals surface area (Å²) in [6, 6.07) is 1.57. The molecule has 1 unspecified atom stereocenters. The van der Waals surface area contributed by atoms with Gasteiger partial charge in [-0.05, 0) is 73.7 Å². The van der Waals surface area contributed by atoms with Gasteiger partial charge in [-0.25, -0.2) is 14.8 Å². The Kier molecular flexibility index (Phi) is 11.4. The van der Waals surface area contributed by atoms with E-state index in [0.717, 1.165) is 30.6 Å². The minimum absolute atomic E-state index is 0.0112. The fourth-order valence-corrected chi connectivity index (χ4v) is 5.56. The molecule has 0 spiro atoms. The van der Waals surface area contributed by atoms with Crippen LogP contribution in [0.4, 0.5) is 55.9 Å². The number of alkyl halides is 9. The number of aromatic nitrogens is 2. The van der Waals surface area contributed by atoms with Crippen molar-refractivity contribution in [3.8, 4) is 5.75 Å². The number of carboxylic acid groups (broad SMARTS) is 1. The standard InChI is InChI=1S/C32H31F9N4O5/c1-3-22-14-26(24-13-19(30(33,34)35)7-8-25(24)45(22)29(48)49-4-2)44(28-42-15-23(16-43-28)50-9-5-6-27(46)47)17-18-10-20(31(36,37)38)12-21(11-18)32(39,40)41/h7-8,10-13,15-16,22,26H,3-6,9,14,17H2,1-2H3,(H,46,47)/t22?,26-/m0/s1. The molecule has 0 saturated carbocycles. The summed E-state index contributed by atoms with van der Waals surface area (Å²) < 4.78 is 135. The molecule has 1 N–H and O–H groups in total. The lowest BCUT2D eigenvalue weighted by Gasteiger charge is -2.44. The van der Waals surface area contributed by atoms with Crippen LogP contribution in [0.3, 0.4) is 0 Å². The van der Waals surface area contributed by atoms with E-state index in [1.54, 1.807) is 6.92 Å². The first-order chi connectivity index (χ1) is 23.3. The normalized spacial score (nSPS) is 16.5. The van der Waals surface area contributed by atoms with E-state index in [1.807, 2.05) is 0 Å². The van der Waals surface area contributed by atoms with Gasteiger partial charge in [-0.1, -0.05) is 6.92 Å². The molecule has 1 aliphatic rings. The Morgan fingerprint density at radius 2 is 1.50 bits per heavy atom. The Morgan fingerprint density at radius 1 is 0.900 bits per heavy atom. The first-order valence-corrected chi connectivity index (χ1v) is 15.2. The van der Waals surface area contributed by atoms with Crippen molar-refractivity contribution in [3.63, 3.8) is 0 Å². The number of fused-ring (bicyclic) bond motifs is 1. The highest BCUT2D eigenvalue weighted by molar-refractivity contribution is 5.90. The molecule has 0 fully saturated rings. The Hall–Kier alpha value is -4.77. The summed E-state index contributed by atoms with van der Waals surface area (Å²) in [6.45, 7) is 2.36. The second-order valence-electron chi connectivity index (χ2n) is 11.3. The number of hydrogen-bond acceptors (Lipinski definition) is 7. The Balaban J connectivity index is 1.90. The van der Waals surface area contributed by atoms with Crippen molar-refractivity contribution < 1.29 is 63.7 Å². The Bertz CT molecular complexity index is 1630. The predicted molar refractivity (Wildman–Crippen MR) is 159 cm³/mol. The van der Waals surface area contributed by atoms with Gasteiger partial charge in [0.1, 0.15) is 0 Å². The minimum atomic E-state index is -5.18. The molecule has 0 saturated heterocycles. The molecule has 272 valence electrons. The summed E-state index contributed by atoms with van der Waals surface area (Å²) in [5.74, 6) is -1.31. The highest BCUT2D eigenvalue weighted by Crippen LogP contribution is 2.46. The summed E-state index contributed by atoms with van der Waals surface area (Å²) >= 11 is 0. The summed E-state index contributed by atoms with van der Waals surface area (Å²) in [4.78, 5) is 34.6. The monoisotopic (exact) mass is 722 g/mol. The fraction of sp³-hybridized carbons (Fsp3) is 0.438. The molecule has 1 aromatic heterocycles. The lowest BCUT2D eigenvalue weighted by molar-refractivity contribution is -0.143. The van der Waals surface area contributed by atoms with Gasteiger partial charge in [0, 0.05) is 19.0 Å². The van der Waals surface area contributed by atoms with E-state index in [0.29, 0.717) is 12.1 Å². The number of amides is 1. The van der Waals surface area contributed by atoms with Gasteiger partial charge < -0.3 is 19.5 Å². The summed E-state index contributed by atoms with van der Waals surface area (Å²) in [5, 5.41) is 8.82. The van der Waals surface area contributed by atoms with Gasteiger partial charge in [0.05, 0.1) is 54.0 Å². The average Bonchev–Trinajstić information content (AvgIpc) is 3.03. The minimum Gasteiger partial charge on any atom is -0.490 e. The largest absolute Gasteiger partial charge is 0.490 e. The van der Waals surface area contributed by atoms with Crippen LogP contribution < -0.4 is 14.5 Å². The number of aliphatic carboxylic acids is 1. The number of carbonyl (C=O) groups excluding carboxylic acids is 1. The van der Waals surface area contributed by atoms with Crippen LogP contribution >= 0.6 is 0 Å². The molecule has 0 aliphatic carbocycles. The van der Waals surface area contributed by atoms with Gasteiger partial charge in [0.25, 0.3) is 0 Å². The molecule has 50 heavy (non-hydrogen) atoms. The molecule has 2 aromatic carbocycles. The van der Waals surface area contributed by atoms with Crippen LogP contribution in [0.5, 0.6) is 5.75 Å². The zero-order valence-corrected chi connectivity index (χ0v) is 26.5. The van der Waals surface area contributed by atoms with E-state index in [1.165, 1.54) is 16.7 Å². The number of carboxylic acids is 1. The number of rotatable bonds is 11. The Labute approximate surface area is 279 Å². The van der Waals surface area contributed by atoms with Gasteiger partial charge in [0.2, 0.25) is 5.95 Å². The molecule has 18 heteroatoms. The van der Waals surface area contributed by atoms with Gasteiger partial charge in [-0.2, -0.15) is 39.5 Å². The van der Waals surface area contributed by atoms with Crippen LogP contribution in [-0.2, 0) is 34.6 Å². The molecule has 1 amide bonds. The van der Waals surface area contributed by atoms with Crippen molar-refractivity contribution in [3.05, 3.63) is 76.6 Å². The van der Waals surface area contributed by atoms with Crippen molar-refractivity contribution >= 4 is 23.7 Å². The lowest BCUT2D eigenvalue weighted by atomic mass is 9.87. The third-order valence-corrected chi connectivity index (χ3v) is 7.82. The van der Waals surface area contributed by atoms with E-state index < -0.39 is 71.5 Å². The molecule has 0 radical (unpaired) electrons. The molecule has 2 heterocycles.